The fourth-order valence-corrected chi connectivity index (χ4v) is 1.87. The van der Waals surface area contributed by atoms with Crippen molar-refractivity contribution in [2.24, 2.45) is 0 Å². The molecule has 0 aromatic carbocycles. The van der Waals surface area contributed by atoms with Crippen molar-refractivity contribution >= 4 is 27.7 Å². The van der Waals surface area contributed by atoms with E-state index >= 15 is 0 Å². The quantitative estimate of drug-likeness (QED) is 0.826. The van der Waals surface area contributed by atoms with Crippen LogP contribution >= 0.6 is 15.9 Å². The second kappa shape index (κ2) is 7.11. The lowest BCUT2D eigenvalue weighted by Crippen LogP contribution is -2.07. The normalized spacial score (nSPS) is 10.5. The number of anilines is 2. The smallest absolute Gasteiger partial charge is 0.387 e. The number of hydrogen-bond donors (Lipinski definition) is 2. The summed E-state index contributed by atoms with van der Waals surface area (Å²) in [6, 6.07) is 3.01. The average molecular weight is 360 g/mol. The zero-order valence-electron chi connectivity index (χ0n) is 11.0. The Morgan fingerprint density at radius 2 is 2.10 bits per heavy atom. The van der Waals surface area contributed by atoms with Gasteiger partial charge in [-0.25, -0.2) is 4.98 Å². The lowest BCUT2D eigenvalue weighted by atomic mass is 10.3. The number of halogens is 3. The second-order valence-electron chi connectivity index (χ2n) is 3.86. The second-order valence-corrected chi connectivity index (χ2v) is 4.71. The molecule has 6 nitrogen and oxygen atoms in total. The molecule has 112 valence electrons. The molecule has 2 heterocycles. The van der Waals surface area contributed by atoms with Crippen LogP contribution in [0.15, 0.2) is 29.0 Å². The fourth-order valence-electron chi connectivity index (χ4n) is 1.49. The maximum atomic E-state index is 12.0. The molecule has 2 aromatic rings. The first kappa shape index (κ1) is 15.4. The predicted molar refractivity (Wildman–Crippen MR) is 77.5 cm³/mol. The number of pyridine rings is 1. The summed E-state index contributed by atoms with van der Waals surface area (Å²) in [5.74, 6) is 1.10. The van der Waals surface area contributed by atoms with E-state index in [-0.39, 0.29) is 5.75 Å². The lowest BCUT2D eigenvalue weighted by molar-refractivity contribution is -0.0500. The van der Waals surface area contributed by atoms with Crippen molar-refractivity contribution in [3.05, 3.63) is 34.7 Å². The first-order valence-electron chi connectivity index (χ1n) is 5.92. The van der Waals surface area contributed by atoms with Gasteiger partial charge < -0.3 is 15.4 Å². The molecule has 2 rings (SSSR count). The van der Waals surface area contributed by atoms with E-state index in [9.17, 15) is 8.78 Å². The van der Waals surface area contributed by atoms with Gasteiger partial charge in [-0.1, -0.05) is 0 Å². The first-order chi connectivity index (χ1) is 10.1. The number of hydrogen-bond acceptors (Lipinski definition) is 6. The highest BCUT2D eigenvalue weighted by molar-refractivity contribution is 9.10. The summed E-state index contributed by atoms with van der Waals surface area (Å²) in [7, 11) is 1.75. The van der Waals surface area contributed by atoms with Crippen molar-refractivity contribution in [2.75, 3.05) is 17.7 Å². The minimum Gasteiger partial charge on any atom is -0.433 e. The Kier molecular flexibility index (Phi) is 5.20. The number of nitrogens with zero attached hydrogens (tertiary/aromatic N) is 3. The summed E-state index contributed by atoms with van der Waals surface area (Å²) in [4.78, 5) is 12.3. The maximum absolute atomic E-state index is 12.0. The van der Waals surface area contributed by atoms with Gasteiger partial charge in [0.05, 0.1) is 22.9 Å². The summed E-state index contributed by atoms with van der Waals surface area (Å²) in [6.07, 6.45) is 2.86. The molecule has 0 radical (unpaired) electrons. The minimum absolute atomic E-state index is 0.0195. The lowest BCUT2D eigenvalue weighted by Gasteiger charge is -2.08. The van der Waals surface area contributed by atoms with Gasteiger partial charge in [-0.05, 0) is 28.1 Å². The third-order valence-corrected chi connectivity index (χ3v) is 3.01. The van der Waals surface area contributed by atoms with E-state index in [2.05, 4.69) is 46.3 Å². The van der Waals surface area contributed by atoms with Crippen molar-refractivity contribution in [2.45, 2.75) is 13.2 Å². The van der Waals surface area contributed by atoms with Crippen molar-refractivity contribution < 1.29 is 13.5 Å². The van der Waals surface area contributed by atoms with Crippen LogP contribution in [0.1, 0.15) is 5.69 Å². The fraction of sp³-hybridized carbons (Fsp3) is 0.250. The van der Waals surface area contributed by atoms with Gasteiger partial charge in [-0.2, -0.15) is 13.8 Å². The largest absolute Gasteiger partial charge is 0.433 e. The van der Waals surface area contributed by atoms with E-state index in [0.29, 0.717) is 24.0 Å². The highest BCUT2D eigenvalue weighted by atomic mass is 79.9. The number of alkyl halides is 2. The molecule has 0 saturated carbocycles. The molecule has 21 heavy (non-hydrogen) atoms. The Balaban J connectivity index is 1.96. The van der Waals surface area contributed by atoms with Crippen molar-refractivity contribution in [3.63, 3.8) is 0 Å². The van der Waals surface area contributed by atoms with Crippen LogP contribution in [-0.2, 0) is 6.54 Å². The van der Waals surface area contributed by atoms with E-state index in [1.54, 1.807) is 19.3 Å². The average Bonchev–Trinajstić information content (AvgIpc) is 2.47. The Morgan fingerprint density at radius 1 is 1.29 bits per heavy atom. The van der Waals surface area contributed by atoms with Gasteiger partial charge in [0.25, 0.3) is 0 Å². The Hall–Kier alpha value is -2.03. The summed E-state index contributed by atoms with van der Waals surface area (Å²) >= 11 is 3.31. The van der Waals surface area contributed by atoms with Gasteiger partial charge in [0, 0.05) is 13.2 Å². The summed E-state index contributed by atoms with van der Waals surface area (Å²) in [5, 5.41) is 5.91. The summed E-state index contributed by atoms with van der Waals surface area (Å²) in [5.41, 5.74) is 0.647. The number of ether oxygens (including phenoxy) is 1. The molecule has 0 aliphatic rings. The Morgan fingerprint density at radius 3 is 2.71 bits per heavy atom. The molecule has 0 unspecified atom stereocenters. The Bertz CT molecular complexity index is 597. The Labute approximate surface area is 128 Å². The number of aromatic nitrogens is 3. The summed E-state index contributed by atoms with van der Waals surface area (Å²) < 4.78 is 29.0. The number of nitrogens with one attached hydrogen (secondary N) is 2. The first-order valence-corrected chi connectivity index (χ1v) is 6.71. The van der Waals surface area contributed by atoms with Crippen LogP contribution in [-0.4, -0.2) is 28.6 Å². The van der Waals surface area contributed by atoms with E-state index in [4.69, 9.17) is 0 Å². The molecule has 2 N–H and O–H groups in total. The monoisotopic (exact) mass is 359 g/mol. The highest BCUT2D eigenvalue weighted by Crippen LogP contribution is 2.19. The number of rotatable bonds is 6. The van der Waals surface area contributed by atoms with Crippen LogP contribution in [0.4, 0.5) is 20.5 Å². The van der Waals surface area contributed by atoms with Gasteiger partial charge >= 0.3 is 6.61 Å². The molecule has 0 fully saturated rings. The molecule has 0 bridgehead atoms. The molecule has 2 aromatic heterocycles. The van der Waals surface area contributed by atoms with Crippen molar-refractivity contribution in [1.29, 1.82) is 0 Å². The van der Waals surface area contributed by atoms with Crippen LogP contribution in [0.5, 0.6) is 5.75 Å². The van der Waals surface area contributed by atoms with Gasteiger partial charge in [0.1, 0.15) is 11.6 Å². The molecule has 0 atom stereocenters. The minimum atomic E-state index is -2.85. The third kappa shape index (κ3) is 4.48. The standard InChI is InChI=1S/C12H12BrF2N5O/c1-16-10-9(13)6-19-12(20-10)18-4-7-2-3-8(5-17-7)21-11(14)15/h2-3,5-6,11H,4H2,1H3,(H2,16,18,19,20). The van der Waals surface area contributed by atoms with Crippen LogP contribution in [0, 0.1) is 0 Å². The molecule has 0 aliphatic carbocycles. The molecular weight excluding hydrogens is 348 g/mol. The van der Waals surface area contributed by atoms with E-state index in [1.807, 2.05) is 0 Å². The molecular formula is C12H12BrF2N5O. The van der Waals surface area contributed by atoms with E-state index in [1.165, 1.54) is 12.3 Å². The zero-order chi connectivity index (χ0) is 15.2. The van der Waals surface area contributed by atoms with Crippen LogP contribution < -0.4 is 15.4 Å². The van der Waals surface area contributed by atoms with E-state index < -0.39 is 6.61 Å². The van der Waals surface area contributed by atoms with Crippen molar-refractivity contribution in [1.82, 2.24) is 15.0 Å². The third-order valence-electron chi connectivity index (χ3n) is 2.43. The highest BCUT2D eigenvalue weighted by Gasteiger charge is 2.06. The van der Waals surface area contributed by atoms with Crippen LogP contribution in [0.25, 0.3) is 0 Å². The molecule has 0 saturated heterocycles. The van der Waals surface area contributed by atoms with Crippen LogP contribution in [0.2, 0.25) is 0 Å². The predicted octanol–water partition coefficient (Wildman–Crippen LogP) is 2.89. The maximum Gasteiger partial charge on any atom is 0.387 e. The topological polar surface area (TPSA) is 72.0 Å². The van der Waals surface area contributed by atoms with Gasteiger partial charge in [-0.3, -0.25) is 4.98 Å². The van der Waals surface area contributed by atoms with Gasteiger partial charge in [0.2, 0.25) is 5.95 Å². The zero-order valence-corrected chi connectivity index (χ0v) is 12.6. The van der Waals surface area contributed by atoms with E-state index in [0.717, 1.165) is 4.47 Å². The van der Waals surface area contributed by atoms with Crippen molar-refractivity contribution in [3.8, 4) is 5.75 Å². The van der Waals surface area contributed by atoms with Gasteiger partial charge in [0.15, 0.2) is 0 Å². The summed E-state index contributed by atoms with van der Waals surface area (Å²) in [6.45, 7) is -2.49. The van der Waals surface area contributed by atoms with Crippen LogP contribution in [0.3, 0.4) is 0 Å². The molecule has 0 amide bonds. The molecule has 9 heteroatoms. The van der Waals surface area contributed by atoms with Gasteiger partial charge in [-0.15, -0.1) is 0 Å². The molecule has 0 aliphatic heterocycles. The SMILES string of the molecule is CNc1nc(NCc2ccc(OC(F)F)cn2)ncc1Br. The molecule has 0 spiro atoms.